The Balaban J connectivity index is 2.85. The van der Waals surface area contributed by atoms with E-state index in [-0.39, 0.29) is 0 Å². The number of alkyl halides is 1. The van der Waals surface area contributed by atoms with E-state index < -0.39 is 0 Å². The van der Waals surface area contributed by atoms with Gasteiger partial charge in [0.2, 0.25) is 0 Å². The average Bonchev–Trinajstić information content (AvgIpc) is 2.35. The summed E-state index contributed by atoms with van der Waals surface area (Å²) in [4.78, 5) is 6.87. The highest BCUT2D eigenvalue weighted by Gasteiger charge is 2.12. The summed E-state index contributed by atoms with van der Waals surface area (Å²) in [5.74, 6) is 1.84. The maximum atomic E-state index is 4.50. The lowest BCUT2D eigenvalue weighted by Gasteiger charge is -2.26. The number of rotatable bonds is 6. The molecule has 0 spiro atoms. The maximum Gasteiger partial charge on any atom is 0.132 e. The number of nitrogens with zero attached hydrogens (tertiary/aromatic N) is 2. The van der Waals surface area contributed by atoms with Crippen molar-refractivity contribution in [2.45, 2.75) is 32.5 Å². The summed E-state index contributed by atoms with van der Waals surface area (Å²) in [6.45, 7) is 8.82. The Morgan fingerprint density at radius 3 is 2.75 bits per heavy atom. The number of hydrogen-bond donors (Lipinski definition) is 0. The van der Waals surface area contributed by atoms with E-state index in [2.05, 4.69) is 52.7 Å². The average molecular weight is 285 g/mol. The highest BCUT2D eigenvalue weighted by molar-refractivity contribution is 9.08. The molecule has 1 heterocycles. The Hall–Kier alpha value is -0.570. The van der Waals surface area contributed by atoms with Gasteiger partial charge in [0.25, 0.3) is 0 Å². The summed E-state index contributed by atoms with van der Waals surface area (Å²) in [5.41, 5.74) is 1.27. The zero-order chi connectivity index (χ0) is 12.0. The SMILES string of the molecule is CCC(C)CN(CC)c1ncccc1CBr. The molecule has 0 aliphatic rings. The molecule has 0 saturated heterocycles. The van der Waals surface area contributed by atoms with Gasteiger partial charge in [-0.05, 0) is 18.9 Å². The van der Waals surface area contributed by atoms with Gasteiger partial charge in [-0.1, -0.05) is 42.3 Å². The topological polar surface area (TPSA) is 16.1 Å². The molecule has 0 aliphatic heterocycles. The summed E-state index contributed by atoms with van der Waals surface area (Å²) in [6, 6.07) is 4.13. The highest BCUT2D eigenvalue weighted by Crippen LogP contribution is 2.21. The Kier molecular flexibility index (Phi) is 5.81. The molecule has 1 rings (SSSR count). The van der Waals surface area contributed by atoms with Crippen LogP contribution in [-0.2, 0) is 5.33 Å². The fourth-order valence-corrected chi connectivity index (χ4v) is 2.13. The zero-order valence-electron chi connectivity index (χ0n) is 10.4. The molecule has 90 valence electrons. The molecule has 0 aromatic carbocycles. The van der Waals surface area contributed by atoms with E-state index in [9.17, 15) is 0 Å². The summed E-state index contributed by atoms with van der Waals surface area (Å²) in [6.07, 6.45) is 3.09. The first-order valence-corrected chi connectivity index (χ1v) is 7.09. The predicted octanol–water partition coefficient (Wildman–Crippen LogP) is 3.85. The molecule has 3 heteroatoms. The summed E-state index contributed by atoms with van der Waals surface area (Å²) in [5, 5.41) is 0.868. The van der Waals surface area contributed by atoms with Gasteiger partial charge in [-0.25, -0.2) is 4.98 Å². The molecule has 1 unspecified atom stereocenters. The standard InChI is InChI=1S/C13H21BrN2/c1-4-11(3)10-16(5-2)13-12(9-14)7-6-8-15-13/h6-8,11H,4-5,9-10H2,1-3H3. The number of anilines is 1. The van der Waals surface area contributed by atoms with E-state index in [0.29, 0.717) is 5.92 Å². The van der Waals surface area contributed by atoms with Crippen molar-refractivity contribution in [2.75, 3.05) is 18.0 Å². The van der Waals surface area contributed by atoms with Gasteiger partial charge in [0.15, 0.2) is 0 Å². The van der Waals surface area contributed by atoms with Gasteiger partial charge in [0, 0.05) is 30.2 Å². The maximum absolute atomic E-state index is 4.50. The molecule has 0 radical (unpaired) electrons. The summed E-state index contributed by atoms with van der Waals surface area (Å²) < 4.78 is 0. The molecule has 2 nitrogen and oxygen atoms in total. The van der Waals surface area contributed by atoms with Crippen LogP contribution in [0, 0.1) is 5.92 Å². The fourth-order valence-electron chi connectivity index (χ4n) is 1.69. The summed E-state index contributed by atoms with van der Waals surface area (Å²) >= 11 is 3.52. The van der Waals surface area contributed by atoms with Crippen molar-refractivity contribution in [3.8, 4) is 0 Å². The first kappa shape index (κ1) is 13.5. The molecule has 0 amide bonds. The van der Waals surface area contributed by atoms with Crippen molar-refractivity contribution in [3.63, 3.8) is 0 Å². The van der Waals surface area contributed by atoms with Crippen molar-refractivity contribution in [3.05, 3.63) is 23.9 Å². The van der Waals surface area contributed by atoms with Crippen molar-refractivity contribution in [2.24, 2.45) is 5.92 Å². The van der Waals surface area contributed by atoms with Crippen molar-refractivity contribution < 1.29 is 0 Å². The van der Waals surface area contributed by atoms with Crippen molar-refractivity contribution in [1.29, 1.82) is 0 Å². The monoisotopic (exact) mass is 284 g/mol. The Morgan fingerprint density at radius 2 is 2.19 bits per heavy atom. The van der Waals surface area contributed by atoms with Crippen LogP contribution in [0.2, 0.25) is 0 Å². The smallest absolute Gasteiger partial charge is 0.132 e. The van der Waals surface area contributed by atoms with E-state index in [4.69, 9.17) is 0 Å². The molecule has 1 aromatic rings. The molecule has 0 saturated carbocycles. The Bertz CT molecular complexity index is 315. The molecular weight excluding hydrogens is 264 g/mol. The zero-order valence-corrected chi connectivity index (χ0v) is 12.0. The van der Waals surface area contributed by atoms with Crippen LogP contribution in [-0.4, -0.2) is 18.1 Å². The molecule has 1 aromatic heterocycles. The third kappa shape index (κ3) is 3.48. The molecule has 0 N–H and O–H groups in total. The van der Waals surface area contributed by atoms with Gasteiger partial charge in [0.05, 0.1) is 0 Å². The molecule has 0 bridgehead atoms. The first-order chi connectivity index (χ1) is 7.72. The quantitative estimate of drug-likeness (QED) is 0.738. The van der Waals surface area contributed by atoms with Crippen LogP contribution >= 0.6 is 15.9 Å². The lowest BCUT2D eigenvalue weighted by atomic mass is 10.1. The van der Waals surface area contributed by atoms with E-state index in [1.165, 1.54) is 12.0 Å². The van der Waals surface area contributed by atoms with E-state index in [1.54, 1.807) is 0 Å². The second-order valence-electron chi connectivity index (χ2n) is 4.17. The van der Waals surface area contributed by atoms with Gasteiger partial charge in [-0.15, -0.1) is 0 Å². The molecule has 16 heavy (non-hydrogen) atoms. The molecular formula is C13H21BrN2. The van der Waals surface area contributed by atoms with Crippen LogP contribution in [0.3, 0.4) is 0 Å². The number of aromatic nitrogens is 1. The van der Waals surface area contributed by atoms with Crippen LogP contribution in [0.4, 0.5) is 5.82 Å². The Morgan fingerprint density at radius 1 is 1.44 bits per heavy atom. The Labute approximate surface area is 107 Å². The van der Waals surface area contributed by atoms with Crippen LogP contribution in [0.5, 0.6) is 0 Å². The van der Waals surface area contributed by atoms with Gasteiger partial charge < -0.3 is 4.90 Å². The highest BCUT2D eigenvalue weighted by atomic mass is 79.9. The first-order valence-electron chi connectivity index (χ1n) is 5.97. The van der Waals surface area contributed by atoms with Crippen molar-refractivity contribution in [1.82, 2.24) is 4.98 Å². The van der Waals surface area contributed by atoms with E-state index in [0.717, 1.165) is 24.2 Å². The minimum absolute atomic E-state index is 0.713. The third-order valence-electron chi connectivity index (χ3n) is 2.92. The van der Waals surface area contributed by atoms with Gasteiger partial charge in [-0.2, -0.15) is 0 Å². The minimum atomic E-state index is 0.713. The third-order valence-corrected chi connectivity index (χ3v) is 3.53. The molecule has 0 fully saturated rings. The van der Waals surface area contributed by atoms with Gasteiger partial charge >= 0.3 is 0 Å². The normalized spacial score (nSPS) is 12.5. The van der Waals surface area contributed by atoms with Crippen LogP contribution in [0.15, 0.2) is 18.3 Å². The second kappa shape index (κ2) is 6.89. The van der Waals surface area contributed by atoms with Crippen LogP contribution in [0.1, 0.15) is 32.8 Å². The van der Waals surface area contributed by atoms with Crippen molar-refractivity contribution >= 4 is 21.7 Å². The number of hydrogen-bond acceptors (Lipinski definition) is 2. The van der Waals surface area contributed by atoms with Crippen LogP contribution in [0.25, 0.3) is 0 Å². The lowest BCUT2D eigenvalue weighted by Crippen LogP contribution is -2.29. The molecule has 1 atom stereocenters. The van der Waals surface area contributed by atoms with Gasteiger partial charge in [-0.3, -0.25) is 0 Å². The lowest BCUT2D eigenvalue weighted by molar-refractivity contribution is 0.545. The van der Waals surface area contributed by atoms with Crippen LogP contribution < -0.4 is 4.90 Å². The largest absolute Gasteiger partial charge is 0.356 e. The van der Waals surface area contributed by atoms with Gasteiger partial charge in [0.1, 0.15) is 5.82 Å². The van der Waals surface area contributed by atoms with E-state index in [1.807, 2.05) is 12.3 Å². The minimum Gasteiger partial charge on any atom is -0.356 e. The summed E-state index contributed by atoms with van der Waals surface area (Å²) in [7, 11) is 0. The predicted molar refractivity (Wildman–Crippen MR) is 74.2 cm³/mol. The second-order valence-corrected chi connectivity index (χ2v) is 4.73. The number of pyridine rings is 1. The molecule has 0 aliphatic carbocycles. The van der Waals surface area contributed by atoms with E-state index >= 15 is 0 Å². The number of halogens is 1. The fraction of sp³-hybridized carbons (Fsp3) is 0.615.